The number of hydrogen-bond acceptors (Lipinski definition) is 5. The molecule has 146 valence electrons. The average molecular weight is 364 g/mol. The van der Waals surface area contributed by atoms with Crippen LogP contribution in [0.5, 0.6) is 0 Å². The van der Waals surface area contributed by atoms with E-state index in [1.54, 1.807) is 0 Å². The first-order valence-electron chi connectivity index (χ1n) is 9.89. The third-order valence-electron chi connectivity index (χ3n) is 6.60. The average Bonchev–Trinajstić information content (AvgIpc) is 2.87. The molecule has 2 aliphatic carbocycles. The number of allylic oxidation sites excluding steroid dienone is 1. The van der Waals surface area contributed by atoms with E-state index in [9.17, 15) is 20.1 Å². The molecule has 0 radical (unpaired) electrons. The predicted molar refractivity (Wildman–Crippen MR) is 98.3 cm³/mol. The van der Waals surface area contributed by atoms with Gasteiger partial charge in [0.15, 0.2) is 5.78 Å². The Morgan fingerprint density at radius 2 is 2.08 bits per heavy atom. The van der Waals surface area contributed by atoms with Crippen molar-refractivity contribution in [3.05, 3.63) is 23.0 Å². The van der Waals surface area contributed by atoms with Gasteiger partial charge in [0.1, 0.15) is 23.1 Å². The molecule has 1 heterocycles. The molecule has 0 saturated heterocycles. The van der Waals surface area contributed by atoms with Crippen LogP contribution in [0.2, 0.25) is 0 Å². The fraction of sp³-hybridized carbons (Fsp3) is 0.762. The fourth-order valence-electron chi connectivity index (χ4n) is 4.71. The van der Waals surface area contributed by atoms with Crippen LogP contribution in [0.4, 0.5) is 0 Å². The molecule has 3 aliphatic rings. The number of carbonyl (C=O) groups excluding carboxylic acids is 1. The standard InChI is InChI=1S/C21H32O5/c1-13(12-22)5-4-6-14(2)16-9-10-20(3)21(16,25)11-15-18(26-20)8-7-17(23)19(15)24/h9,13-14,17,22-23,25H,4-8,10-12H2,1-3H3/t13?,14?,17-,20-,21-/m0/s1. The summed E-state index contributed by atoms with van der Waals surface area (Å²) in [5, 5.41) is 30.7. The molecule has 0 aromatic carbocycles. The van der Waals surface area contributed by atoms with Crippen LogP contribution in [0.25, 0.3) is 0 Å². The monoisotopic (exact) mass is 364 g/mol. The van der Waals surface area contributed by atoms with Crippen LogP contribution < -0.4 is 0 Å². The van der Waals surface area contributed by atoms with Gasteiger partial charge in [-0.15, -0.1) is 0 Å². The van der Waals surface area contributed by atoms with E-state index in [1.807, 2.05) is 13.8 Å². The Bertz CT molecular complexity index is 636. The number of aliphatic hydroxyl groups excluding tert-OH is 2. The van der Waals surface area contributed by atoms with Gasteiger partial charge in [0.2, 0.25) is 0 Å². The molecule has 5 atom stereocenters. The number of aliphatic hydroxyl groups is 3. The number of carbonyl (C=O) groups is 1. The molecule has 0 saturated carbocycles. The second-order valence-corrected chi connectivity index (χ2v) is 8.67. The lowest BCUT2D eigenvalue weighted by atomic mass is 9.70. The lowest BCUT2D eigenvalue weighted by Crippen LogP contribution is -2.56. The highest BCUT2D eigenvalue weighted by atomic mass is 16.5. The van der Waals surface area contributed by atoms with Crippen molar-refractivity contribution >= 4 is 5.78 Å². The van der Waals surface area contributed by atoms with Gasteiger partial charge >= 0.3 is 0 Å². The molecule has 0 aromatic heterocycles. The number of ketones is 1. The fourth-order valence-corrected chi connectivity index (χ4v) is 4.71. The Morgan fingerprint density at radius 3 is 2.77 bits per heavy atom. The second kappa shape index (κ2) is 7.10. The highest BCUT2D eigenvalue weighted by Crippen LogP contribution is 2.54. The summed E-state index contributed by atoms with van der Waals surface area (Å²) in [5.74, 6) is 0.839. The molecular weight excluding hydrogens is 332 g/mol. The minimum atomic E-state index is -1.19. The molecule has 1 aliphatic heterocycles. The van der Waals surface area contributed by atoms with Crippen molar-refractivity contribution in [2.45, 2.75) is 83.0 Å². The van der Waals surface area contributed by atoms with Gasteiger partial charge < -0.3 is 20.1 Å². The molecule has 26 heavy (non-hydrogen) atoms. The van der Waals surface area contributed by atoms with Gasteiger partial charge in [0.25, 0.3) is 0 Å². The minimum absolute atomic E-state index is 0.182. The smallest absolute Gasteiger partial charge is 0.190 e. The Morgan fingerprint density at radius 1 is 1.35 bits per heavy atom. The largest absolute Gasteiger partial charge is 0.488 e. The number of fused-ring (bicyclic) bond motifs is 1. The summed E-state index contributed by atoms with van der Waals surface area (Å²) in [7, 11) is 0. The predicted octanol–water partition coefficient (Wildman–Crippen LogP) is 2.64. The van der Waals surface area contributed by atoms with E-state index in [0.29, 0.717) is 36.5 Å². The summed E-state index contributed by atoms with van der Waals surface area (Å²) in [6.45, 7) is 6.28. The van der Waals surface area contributed by atoms with Crippen molar-refractivity contribution in [3.8, 4) is 0 Å². The SMILES string of the molecule is CC(CO)CCCC(C)C1=CC[C@]2(C)OC3=C(C[C@]12O)C(=O)[C@@H](O)CC3. The topological polar surface area (TPSA) is 87.0 Å². The van der Waals surface area contributed by atoms with Crippen molar-refractivity contribution in [2.75, 3.05) is 6.61 Å². The first-order chi connectivity index (χ1) is 12.2. The zero-order chi connectivity index (χ0) is 19.1. The van der Waals surface area contributed by atoms with Crippen LogP contribution in [-0.4, -0.2) is 45.0 Å². The second-order valence-electron chi connectivity index (χ2n) is 8.67. The number of ether oxygens (including phenoxy) is 1. The maximum atomic E-state index is 12.4. The van der Waals surface area contributed by atoms with E-state index in [0.717, 1.165) is 24.8 Å². The molecule has 0 spiro atoms. The summed E-state index contributed by atoms with van der Waals surface area (Å²) in [6, 6.07) is 0. The summed E-state index contributed by atoms with van der Waals surface area (Å²) < 4.78 is 6.18. The first-order valence-corrected chi connectivity index (χ1v) is 9.89. The molecule has 2 unspecified atom stereocenters. The number of hydrogen-bond donors (Lipinski definition) is 3. The highest BCUT2D eigenvalue weighted by molar-refractivity contribution is 6.00. The molecule has 5 nitrogen and oxygen atoms in total. The van der Waals surface area contributed by atoms with E-state index in [1.165, 1.54) is 0 Å². The van der Waals surface area contributed by atoms with Gasteiger partial charge in [-0.2, -0.15) is 0 Å². The van der Waals surface area contributed by atoms with Gasteiger partial charge in [-0.25, -0.2) is 0 Å². The summed E-state index contributed by atoms with van der Waals surface area (Å²) in [6.07, 6.45) is 5.79. The maximum absolute atomic E-state index is 12.4. The molecule has 0 aromatic rings. The van der Waals surface area contributed by atoms with E-state index < -0.39 is 17.3 Å². The minimum Gasteiger partial charge on any atom is -0.488 e. The Labute approximate surface area is 155 Å². The zero-order valence-corrected chi connectivity index (χ0v) is 16.1. The Balaban J connectivity index is 1.77. The lowest BCUT2D eigenvalue weighted by molar-refractivity contribution is -0.151. The van der Waals surface area contributed by atoms with E-state index in [2.05, 4.69) is 13.0 Å². The molecular formula is C21H32O5. The van der Waals surface area contributed by atoms with E-state index in [4.69, 9.17) is 4.74 Å². The molecule has 5 heteroatoms. The zero-order valence-electron chi connectivity index (χ0n) is 16.1. The van der Waals surface area contributed by atoms with Gasteiger partial charge in [-0.3, -0.25) is 4.79 Å². The summed E-state index contributed by atoms with van der Waals surface area (Å²) >= 11 is 0. The first kappa shape index (κ1) is 19.6. The molecule has 0 amide bonds. The van der Waals surface area contributed by atoms with Crippen LogP contribution in [-0.2, 0) is 9.53 Å². The number of rotatable bonds is 6. The van der Waals surface area contributed by atoms with Crippen LogP contribution >= 0.6 is 0 Å². The number of Topliss-reactive ketones (excluding diaryl/α,β-unsaturated/α-hetero) is 1. The van der Waals surface area contributed by atoms with Gasteiger partial charge in [-0.05, 0) is 43.6 Å². The third-order valence-corrected chi connectivity index (χ3v) is 6.60. The van der Waals surface area contributed by atoms with Crippen molar-refractivity contribution in [1.82, 2.24) is 0 Å². The summed E-state index contributed by atoms with van der Waals surface area (Å²) in [5.41, 5.74) is -0.509. The lowest BCUT2D eigenvalue weighted by Gasteiger charge is -2.48. The molecule has 0 fully saturated rings. The van der Waals surface area contributed by atoms with Crippen molar-refractivity contribution in [2.24, 2.45) is 11.8 Å². The van der Waals surface area contributed by atoms with Crippen molar-refractivity contribution < 1.29 is 24.9 Å². The van der Waals surface area contributed by atoms with Gasteiger partial charge in [-0.1, -0.05) is 26.3 Å². The third kappa shape index (κ3) is 3.14. The highest BCUT2D eigenvalue weighted by Gasteiger charge is 2.59. The molecule has 3 rings (SSSR count). The van der Waals surface area contributed by atoms with Crippen LogP contribution in [0, 0.1) is 11.8 Å². The van der Waals surface area contributed by atoms with Crippen LogP contribution in [0.3, 0.4) is 0 Å². The maximum Gasteiger partial charge on any atom is 0.190 e. The van der Waals surface area contributed by atoms with Gasteiger partial charge in [0.05, 0.1) is 0 Å². The van der Waals surface area contributed by atoms with Crippen molar-refractivity contribution in [1.29, 1.82) is 0 Å². The molecule has 3 N–H and O–H groups in total. The van der Waals surface area contributed by atoms with Crippen LogP contribution in [0.1, 0.15) is 65.7 Å². The Hall–Kier alpha value is -1.17. The quantitative estimate of drug-likeness (QED) is 0.631. The molecule has 0 bridgehead atoms. The van der Waals surface area contributed by atoms with Gasteiger partial charge in [0, 0.05) is 31.4 Å². The van der Waals surface area contributed by atoms with E-state index >= 15 is 0 Å². The van der Waals surface area contributed by atoms with E-state index in [-0.39, 0.29) is 24.7 Å². The summed E-state index contributed by atoms with van der Waals surface area (Å²) in [4.78, 5) is 12.4. The Kier molecular flexibility index (Phi) is 5.35. The van der Waals surface area contributed by atoms with Crippen LogP contribution in [0.15, 0.2) is 23.0 Å². The normalized spacial score (nSPS) is 36.2. The van der Waals surface area contributed by atoms with Crippen molar-refractivity contribution in [3.63, 3.8) is 0 Å².